The highest BCUT2D eigenvalue weighted by Gasteiger charge is 2.37. The Morgan fingerprint density at radius 3 is 1.93 bits per heavy atom. The maximum atomic E-state index is 13.5. The van der Waals surface area contributed by atoms with Crippen molar-refractivity contribution in [3.8, 4) is 0 Å². The van der Waals surface area contributed by atoms with Crippen molar-refractivity contribution < 1.29 is 40.6 Å². The van der Waals surface area contributed by atoms with Crippen LogP contribution in [0, 0.1) is 12.7 Å². The predicted molar refractivity (Wildman–Crippen MR) is 94.8 cm³/mol. The molecule has 0 aliphatic rings. The van der Waals surface area contributed by atoms with Crippen LogP contribution in [0.25, 0.3) is 0 Å². The monoisotopic (exact) mass is 439 g/mol. The molecule has 0 saturated heterocycles. The minimum Gasteiger partial charge on any atom is -0.383 e. The van der Waals surface area contributed by atoms with Crippen LogP contribution in [0.3, 0.4) is 0 Å². The Hall–Kier alpha value is -2.17. The van der Waals surface area contributed by atoms with E-state index in [2.05, 4.69) is 0 Å². The van der Waals surface area contributed by atoms with E-state index in [0.717, 1.165) is 6.07 Å². The molecule has 3 N–H and O–H groups in total. The normalized spacial score (nSPS) is 14.6. The lowest BCUT2D eigenvalue weighted by atomic mass is 9.90. The number of halogens is 7. The van der Waals surface area contributed by atoms with Gasteiger partial charge in [0.1, 0.15) is 11.4 Å². The smallest absolute Gasteiger partial charge is 0.383 e. The molecule has 0 amide bonds. The topological polar surface area (TPSA) is 55.5 Å². The minimum atomic E-state index is -4.97. The van der Waals surface area contributed by atoms with Gasteiger partial charge in [0, 0.05) is 0 Å². The van der Waals surface area contributed by atoms with Gasteiger partial charge < -0.3 is 15.6 Å². The van der Waals surface area contributed by atoms with Gasteiger partial charge in [-0.2, -0.15) is 26.3 Å². The van der Waals surface area contributed by atoms with Crippen LogP contribution in [-0.2, 0) is 29.3 Å². The number of hydrogen-bond acceptors (Lipinski definition) is 3. The lowest BCUT2D eigenvalue weighted by molar-refractivity contribution is -0.143. The van der Waals surface area contributed by atoms with Crippen molar-refractivity contribution in [3.05, 3.63) is 70.0 Å². The van der Waals surface area contributed by atoms with E-state index in [-0.39, 0.29) is 35.7 Å². The van der Waals surface area contributed by atoms with Gasteiger partial charge in [-0.15, -0.1) is 0 Å². The van der Waals surface area contributed by atoms with Gasteiger partial charge in [-0.25, -0.2) is 4.39 Å². The summed E-state index contributed by atoms with van der Waals surface area (Å²) in [6.07, 6.45) is -9.96. The van der Waals surface area contributed by atoms with E-state index in [0.29, 0.717) is 12.1 Å². The Kier molecular flexibility index (Phi) is 7.16. The van der Waals surface area contributed by atoms with E-state index in [1.807, 2.05) is 0 Å². The van der Waals surface area contributed by atoms with E-state index >= 15 is 0 Å². The predicted octanol–water partition coefficient (Wildman–Crippen LogP) is 4.92. The first-order chi connectivity index (χ1) is 13.8. The lowest BCUT2D eigenvalue weighted by Crippen LogP contribution is -2.34. The zero-order chi connectivity index (χ0) is 22.7. The first-order valence-electron chi connectivity index (χ1n) is 8.81. The SMILES string of the molecule is Cc1cc(C(O)(CCN)COCc2cc(C(F)(F)F)cc(C(F)(F)F)c2)ccc1F. The molecule has 0 saturated carbocycles. The molecule has 2 aromatic rings. The number of nitrogens with two attached hydrogens (primary N) is 1. The first-order valence-corrected chi connectivity index (χ1v) is 8.81. The second-order valence-corrected chi connectivity index (χ2v) is 6.94. The van der Waals surface area contributed by atoms with E-state index in [1.165, 1.54) is 19.1 Å². The van der Waals surface area contributed by atoms with Crippen molar-refractivity contribution in [1.29, 1.82) is 0 Å². The van der Waals surface area contributed by atoms with E-state index < -0.39 is 48.1 Å². The number of alkyl halides is 6. The van der Waals surface area contributed by atoms with Gasteiger partial charge in [-0.05, 0) is 60.8 Å². The standard InChI is InChI=1S/C20H20F7NO2/c1-12-6-14(2-3-17(12)21)18(29,4-5-28)11-30-10-13-7-15(19(22,23)24)9-16(8-13)20(25,26)27/h2-3,6-9,29H,4-5,10-11,28H2,1H3. The zero-order valence-corrected chi connectivity index (χ0v) is 15.9. The number of aliphatic hydroxyl groups is 1. The summed E-state index contributed by atoms with van der Waals surface area (Å²) in [4.78, 5) is 0. The Labute approximate surface area is 168 Å². The Balaban J connectivity index is 2.25. The molecule has 0 bridgehead atoms. The van der Waals surface area contributed by atoms with Crippen LogP contribution >= 0.6 is 0 Å². The summed E-state index contributed by atoms with van der Waals surface area (Å²) in [6.45, 7) is 0.412. The van der Waals surface area contributed by atoms with Gasteiger partial charge in [0.15, 0.2) is 0 Å². The third-order valence-corrected chi connectivity index (χ3v) is 4.51. The van der Waals surface area contributed by atoms with Gasteiger partial charge in [0.25, 0.3) is 0 Å². The minimum absolute atomic E-state index is 0.0120. The van der Waals surface area contributed by atoms with Crippen molar-refractivity contribution in [2.45, 2.75) is 37.9 Å². The number of rotatable bonds is 7. The molecule has 2 aromatic carbocycles. The summed E-state index contributed by atoms with van der Waals surface area (Å²) in [7, 11) is 0. The van der Waals surface area contributed by atoms with Gasteiger partial charge in [0.05, 0.1) is 24.3 Å². The molecule has 1 atom stereocenters. The zero-order valence-electron chi connectivity index (χ0n) is 15.9. The first kappa shape index (κ1) is 24.1. The molecule has 0 aliphatic heterocycles. The molecule has 0 radical (unpaired) electrons. The number of aryl methyl sites for hydroxylation is 1. The van der Waals surface area contributed by atoms with Crippen LogP contribution in [0.5, 0.6) is 0 Å². The van der Waals surface area contributed by atoms with Crippen molar-refractivity contribution in [1.82, 2.24) is 0 Å². The molecule has 0 spiro atoms. The van der Waals surface area contributed by atoms with Crippen LogP contribution in [0.2, 0.25) is 0 Å². The molecule has 2 rings (SSSR count). The second kappa shape index (κ2) is 8.91. The Morgan fingerprint density at radius 1 is 0.900 bits per heavy atom. The number of ether oxygens (including phenoxy) is 1. The average molecular weight is 439 g/mol. The molecule has 30 heavy (non-hydrogen) atoms. The molecule has 3 nitrogen and oxygen atoms in total. The summed E-state index contributed by atoms with van der Waals surface area (Å²) in [6, 6.07) is 4.95. The van der Waals surface area contributed by atoms with Gasteiger partial charge in [-0.3, -0.25) is 0 Å². The molecule has 166 valence electrons. The fourth-order valence-corrected chi connectivity index (χ4v) is 2.91. The van der Waals surface area contributed by atoms with Crippen molar-refractivity contribution in [3.63, 3.8) is 0 Å². The van der Waals surface area contributed by atoms with Gasteiger partial charge >= 0.3 is 12.4 Å². The second-order valence-electron chi connectivity index (χ2n) is 6.94. The van der Waals surface area contributed by atoms with Crippen molar-refractivity contribution >= 4 is 0 Å². The van der Waals surface area contributed by atoms with Gasteiger partial charge in [-0.1, -0.05) is 12.1 Å². The quantitative estimate of drug-likeness (QED) is 0.602. The van der Waals surface area contributed by atoms with Gasteiger partial charge in [0.2, 0.25) is 0 Å². The Bertz CT molecular complexity index is 848. The van der Waals surface area contributed by atoms with Crippen LogP contribution in [0.4, 0.5) is 30.7 Å². The summed E-state index contributed by atoms with van der Waals surface area (Å²) < 4.78 is 96.4. The fourth-order valence-electron chi connectivity index (χ4n) is 2.91. The van der Waals surface area contributed by atoms with E-state index in [4.69, 9.17) is 10.5 Å². The number of hydrogen-bond donors (Lipinski definition) is 2. The lowest BCUT2D eigenvalue weighted by Gasteiger charge is -2.28. The van der Waals surface area contributed by atoms with Crippen LogP contribution in [0.1, 0.15) is 34.2 Å². The summed E-state index contributed by atoms with van der Waals surface area (Å²) in [5.41, 5.74) is 1.05. The highest BCUT2D eigenvalue weighted by atomic mass is 19.4. The maximum Gasteiger partial charge on any atom is 0.416 e. The molecule has 0 heterocycles. The van der Waals surface area contributed by atoms with E-state index in [1.54, 1.807) is 0 Å². The molecule has 10 heteroatoms. The van der Waals surface area contributed by atoms with Crippen LogP contribution in [-0.4, -0.2) is 18.3 Å². The molecular formula is C20H20F7NO2. The summed E-state index contributed by atoms with van der Waals surface area (Å²) in [5, 5.41) is 10.9. The van der Waals surface area contributed by atoms with Crippen LogP contribution in [0.15, 0.2) is 36.4 Å². The van der Waals surface area contributed by atoms with Crippen molar-refractivity contribution in [2.24, 2.45) is 5.73 Å². The molecule has 1 unspecified atom stereocenters. The summed E-state index contributed by atoms with van der Waals surface area (Å²) in [5.74, 6) is -0.501. The maximum absolute atomic E-state index is 13.5. The molecular weight excluding hydrogens is 419 g/mol. The fraction of sp³-hybridized carbons (Fsp3) is 0.400. The van der Waals surface area contributed by atoms with Crippen molar-refractivity contribution in [2.75, 3.05) is 13.2 Å². The summed E-state index contributed by atoms with van der Waals surface area (Å²) >= 11 is 0. The third-order valence-electron chi connectivity index (χ3n) is 4.51. The number of benzene rings is 2. The third kappa shape index (κ3) is 5.93. The largest absolute Gasteiger partial charge is 0.416 e. The van der Waals surface area contributed by atoms with E-state index in [9.17, 15) is 35.8 Å². The highest BCUT2D eigenvalue weighted by Crippen LogP contribution is 2.36. The molecule has 0 aliphatic carbocycles. The molecule has 0 aromatic heterocycles. The molecule has 0 fully saturated rings. The average Bonchev–Trinajstić information content (AvgIpc) is 2.62. The van der Waals surface area contributed by atoms with Crippen LogP contribution < -0.4 is 5.73 Å². The highest BCUT2D eigenvalue weighted by molar-refractivity contribution is 5.33. The Morgan fingerprint density at radius 2 is 1.47 bits per heavy atom.